The fourth-order valence-corrected chi connectivity index (χ4v) is 4.35. The van der Waals surface area contributed by atoms with Crippen LogP contribution in [0.4, 0.5) is 0 Å². The molecule has 0 amide bonds. The highest BCUT2D eigenvalue weighted by Crippen LogP contribution is 2.23. The van der Waals surface area contributed by atoms with Crippen molar-refractivity contribution in [3.8, 4) is 17.3 Å². The zero-order valence-electron chi connectivity index (χ0n) is 21.5. The molecule has 8 nitrogen and oxygen atoms in total. The van der Waals surface area contributed by atoms with Crippen LogP contribution in [-0.2, 0) is 17.8 Å². The van der Waals surface area contributed by atoms with Gasteiger partial charge in [-0.2, -0.15) is 0 Å². The van der Waals surface area contributed by atoms with Gasteiger partial charge in [0, 0.05) is 6.42 Å². The molecule has 1 heterocycles. The third-order valence-electron chi connectivity index (χ3n) is 6.31. The Morgan fingerprint density at radius 2 is 1.23 bits per heavy atom. The Balaban J connectivity index is 1.64. The van der Waals surface area contributed by atoms with E-state index in [1.165, 1.54) is 16.7 Å². The molecular formula is C32H26N2O6. The summed E-state index contributed by atoms with van der Waals surface area (Å²) in [5.74, 6) is -0.987. The minimum absolute atomic E-state index is 0.0590. The average molecular weight is 535 g/mol. The van der Waals surface area contributed by atoms with Crippen molar-refractivity contribution in [1.82, 2.24) is 9.13 Å². The van der Waals surface area contributed by atoms with Gasteiger partial charge >= 0.3 is 11.7 Å². The van der Waals surface area contributed by atoms with E-state index in [4.69, 9.17) is 9.47 Å². The fraction of sp³-hybridized carbons (Fsp3) is 0.0938. The molecule has 8 heteroatoms. The van der Waals surface area contributed by atoms with Crippen molar-refractivity contribution < 1.29 is 19.4 Å². The number of nitrogens with zero attached hydrogens (tertiary/aromatic N) is 2. The summed E-state index contributed by atoms with van der Waals surface area (Å²) in [4.78, 5) is 39.2. The first-order valence-electron chi connectivity index (χ1n) is 12.6. The Bertz CT molecular complexity index is 1710. The fourth-order valence-electron chi connectivity index (χ4n) is 4.35. The smallest absolute Gasteiger partial charge is 0.343 e. The third kappa shape index (κ3) is 5.77. The molecule has 0 atom stereocenters. The number of hydrogen-bond donors (Lipinski definition) is 1. The molecule has 0 aliphatic heterocycles. The summed E-state index contributed by atoms with van der Waals surface area (Å²) in [5, 5.41) is 9.29. The molecule has 0 bridgehead atoms. The van der Waals surface area contributed by atoms with Crippen LogP contribution in [0.1, 0.15) is 27.0 Å². The van der Waals surface area contributed by atoms with Crippen molar-refractivity contribution in [3.05, 3.63) is 158 Å². The van der Waals surface area contributed by atoms with Gasteiger partial charge in [0.05, 0.1) is 29.1 Å². The second kappa shape index (κ2) is 12.1. The van der Waals surface area contributed by atoms with Crippen LogP contribution in [0, 0.1) is 0 Å². The van der Waals surface area contributed by atoms with Gasteiger partial charge in [0.1, 0.15) is 0 Å². The molecule has 0 aliphatic carbocycles. The zero-order valence-corrected chi connectivity index (χ0v) is 21.5. The van der Waals surface area contributed by atoms with Gasteiger partial charge in [0.25, 0.3) is 5.56 Å². The summed E-state index contributed by atoms with van der Waals surface area (Å²) in [7, 11) is 0. The van der Waals surface area contributed by atoms with Gasteiger partial charge in [-0.15, -0.1) is 0 Å². The normalized spacial score (nSPS) is 10.8. The summed E-state index contributed by atoms with van der Waals surface area (Å²) >= 11 is 0. The molecule has 200 valence electrons. The lowest BCUT2D eigenvalue weighted by Gasteiger charge is -2.20. The van der Waals surface area contributed by atoms with Crippen molar-refractivity contribution in [3.63, 3.8) is 0 Å². The number of para-hydroxylation sites is 2. The molecule has 1 N–H and O–H groups in total. The Labute approximate surface area is 229 Å². The quantitative estimate of drug-likeness (QED) is 0.204. The predicted octanol–water partition coefficient (Wildman–Crippen LogP) is 4.83. The summed E-state index contributed by atoms with van der Waals surface area (Å²) in [6, 6.07) is 33.4. The number of carbonyl (C=O) groups is 1. The molecule has 5 rings (SSSR count). The van der Waals surface area contributed by atoms with Crippen LogP contribution in [0.25, 0.3) is 11.4 Å². The van der Waals surface area contributed by atoms with Crippen LogP contribution in [0.15, 0.2) is 125 Å². The van der Waals surface area contributed by atoms with E-state index in [1.807, 2.05) is 36.4 Å². The maximum absolute atomic E-state index is 14.0. The molecule has 0 unspecified atom stereocenters. The number of rotatable bonds is 10. The number of benzene rings is 4. The number of carboxylic acid groups (broad SMARTS) is 1. The lowest BCUT2D eigenvalue weighted by atomic mass is 10.0. The molecule has 1 aromatic heterocycles. The van der Waals surface area contributed by atoms with E-state index in [1.54, 1.807) is 66.7 Å². The Morgan fingerprint density at radius 3 is 1.80 bits per heavy atom. The van der Waals surface area contributed by atoms with Crippen molar-refractivity contribution in [2.24, 2.45) is 0 Å². The second-order valence-electron chi connectivity index (χ2n) is 8.99. The van der Waals surface area contributed by atoms with E-state index in [0.717, 1.165) is 10.1 Å². The second-order valence-corrected chi connectivity index (χ2v) is 8.99. The molecule has 0 saturated carbocycles. The highest BCUT2D eigenvalue weighted by Gasteiger charge is 2.23. The van der Waals surface area contributed by atoms with Gasteiger partial charge < -0.3 is 14.6 Å². The minimum atomic E-state index is -1.05. The number of ether oxygens (including phenoxy) is 2. The monoisotopic (exact) mass is 534 g/mol. The molecule has 0 spiro atoms. The van der Waals surface area contributed by atoms with Crippen LogP contribution in [0.5, 0.6) is 5.88 Å². The molecule has 0 aliphatic rings. The molecular weight excluding hydrogens is 508 g/mol. The molecule has 4 aromatic carbocycles. The number of carboxylic acids is 1. The zero-order chi connectivity index (χ0) is 27.9. The van der Waals surface area contributed by atoms with Crippen molar-refractivity contribution in [2.75, 3.05) is 6.79 Å². The van der Waals surface area contributed by atoms with Crippen LogP contribution >= 0.6 is 0 Å². The number of aromatic carboxylic acids is 1. The summed E-state index contributed by atoms with van der Waals surface area (Å²) in [5.41, 5.74) is 1.77. The van der Waals surface area contributed by atoms with E-state index in [9.17, 15) is 19.5 Å². The van der Waals surface area contributed by atoms with Crippen molar-refractivity contribution >= 4 is 5.97 Å². The van der Waals surface area contributed by atoms with E-state index >= 15 is 0 Å². The third-order valence-corrected chi connectivity index (χ3v) is 6.31. The number of hydrogen-bond acceptors (Lipinski definition) is 5. The van der Waals surface area contributed by atoms with Gasteiger partial charge in [0.15, 0.2) is 6.79 Å². The predicted molar refractivity (Wildman–Crippen MR) is 151 cm³/mol. The van der Waals surface area contributed by atoms with Crippen LogP contribution < -0.4 is 16.0 Å². The average Bonchev–Trinajstić information content (AvgIpc) is 2.99. The first kappa shape index (κ1) is 26.4. The lowest BCUT2D eigenvalue weighted by Crippen LogP contribution is -2.41. The molecule has 0 fully saturated rings. The van der Waals surface area contributed by atoms with Gasteiger partial charge in [0.2, 0.25) is 5.88 Å². The molecule has 0 saturated heterocycles. The van der Waals surface area contributed by atoms with E-state index < -0.39 is 17.2 Å². The Hall–Kier alpha value is -5.21. The highest BCUT2D eigenvalue weighted by atomic mass is 16.7. The molecule has 0 radical (unpaired) electrons. The Morgan fingerprint density at radius 1 is 0.675 bits per heavy atom. The first-order valence-corrected chi connectivity index (χ1v) is 12.6. The van der Waals surface area contributed by atoms with Crippen LogP contribution in [-0.4, -0.2) is 27.0 Å². The lowest BCUT2D eigenvalue weighted by molar-refractivity contribution is 0.000362. The van der Waals surface area contributed by atoms with Gasteiger partial charge in [-0.25, -0.2) is 18.7 Å². The van der Waals surface area contributed by atoms with Crippen molar-refractivity contribution in [2.45, 2.75) is 13.0 Å². The van der Waals surface area contributed by atoms with Crippen molar-refractivity contribution in [1.29, 1.82) is 0 Å². The topological polar surface area (TPSA) is 99.8 Å². The van der Waals surface area contributed by atoms with Crippen LogP contribution in [0.3, 0.4) is 0 Å². The standard InChI is InChI=1S/C32H26N2O6/c35-29-28(20-23-16-18-25(19-17-23)31(36)37)30(40-22-39-21-24-10-4-1-5-11-24)34(27-14-8-3-9-15-27)32(38)33(29)26-12-6-2-7-13-26/h1-19H,20-22H2,(H,36,37). The van der Waals surface area contributed by atoms with Gasteiger partial charge in [-0.3, -0.25) is 4.79 Å². The minimum Gasteiger partial charge on any atom is -0.478 e. The SMILES string of the molecule is O=C(O)c1ccc(Cc2c(OCOCc3ccccc3)n(-c3ccccc3)c(=O)n(-c3ccccc3)c2=O)cc1. The molecule has 40 heavy (non-hydrogen) atoms. The highest BCUT2D eigenvalue weighted by molar-refractivity contribution is 5.87. The number of aromatic nitrogens is 2. The summed E-state index contributed by atoms with van der Waals surface area (Å²) in [6.45, 7) is 0.0738. The Kier molecular flexibility index (Phi) is 7.99. The summed E-state index contributed by atoms with van der Waals surface area (Å²) < 4.78 is 14.3. The maximum atomic E-state index is 14.0. The first-order chi connectivity index (χ1) is 19.5. The molecule has 5 aromatic rings. The maximum Gasteiger partial charge on any atom is 0.343 e. The van der Waals surface area contributed by atoms with Crippen LogP contribution in [0.2, 0.25) is 0 Å². The van der Waals surface area contributed by atoms with Gasteiger partial charge in [-0.05, 0) is 47.5 Å². The van der Waals surface area contributed by atoms with E-state index in [-0.39, 0.29) is 36.8 Å². The van der Waals surface area contributed by atoms with Gasteiger partial charge in [-0.1, -0.05) is 78.9 Å². The van der Waals surface area contributed by atoms with E-state index in [0.29, 0.717) is 16.9 Å². The largest absolute Gasteiger partial charge is 0.478 e. The summed E-state index contributed by atoms with van der Waals surface area (Å²) in [6.07, 6.45) is 0.0900. The van der Waals surface area contributed by atoms with E-state index in [2.05, 4.69) is 0 Å².